The Balaban J connectivity index is 1.53. The SMILES string of the molecule is c1ccc(Nc2cccc(-c3ccn(Cc4ccccn4)n3)c2)cc1. The van der Waals surface area contributed by atoms with Gasteiger partial charge in [-0.1, -0.05) is 36.4 Å². The fourth-order valence-electron chi connectivity index (χ4n) is 2.71. The Morgan fingerprint density at radius 1 is 0.800 bits per heavy atom. The lowest BCUT2D eigenvalue weighted by atomic mass is 10.1. The van der Waals surface area contributed by atoms with Gasteiger partial charge < -0.3 is 5.32 Å². The average molecular weight is 326 g/mol. The van der Waals surface area contributed by atoms with Crippen LogP contribution >= 0.6 is 0 Å². The van der Waals surface area contributed by atoms with Crippen molar-refractivity contribution < 1.29 is 0 Å². The van der Waals surface area contributed by atoms with Gasteiger partial charge in [-0.3, -0.25) is 9.67 Å². The summed E-state index contributed by atoms with van der Waals surface area (Å²) in [5, 5.41) is 8.09. The molecule has 1 N–H and O–H groups in total. The Labute approximate surface area is 146 Å². The standard InChI is InChI=1S/C21H18N4/c1-2-8-18(9-3-1)23-19-11-6-7-17(15-19)21-12-14-25(24-21)16-20-10-4-5-13-22-20/h1-15,23H,16H2. The maximum atomic E-state index is 4.67. The minimum absolute atomic E-state index is 0.669. The number of hydrogen-bond acceptors (Lipinski definition) is 3. The van der Waals surface area contributed by atoms with Gasteiger partial charge in [0.05, 0.1) is 17.9 Å². The van der Waals surface area contributed by atoms with Crippen molar-refractivity contribution in [2.45, 2.75) is 6.54 Å². The van der Waals surface area contributed by atoms with E-state index in [1.807, 2.05) is 71.5 Å². The molecule has 0 bridgehead atoms. The van der Waals surface area contributed by atoms with Gasteiger partial charge in [0.1, 0.15) is 0 Å². The van der Waals surface area contributed by atoms with Crippen molar-refractivity contribution in [3.05, 3.63) is 97.0 Å². The molecule has 0 saturated heterocycles. The molecule has 2 heterocycles. The predicted molar refractivity (Wildman–Crippen MR) is 101 cm³/mol. The maximum Gasteiger partial charge on any atom is 0.0924 e. The molecule has 0 amide bonds. The molecule has 0 aliphatic heterocycles. The fraction of sp³-hybridized carbons (Fsp3) is 0.0476. The van der Waals surface area contributed by atoms with Crippen LogP contribution in [0.15, 0.2) is 91.3 Å². The highest BCUT2D eigenvalue weighted by atomic mass is 15.3. The minimum atomic E-state index is 0.669. The van der Waals surface area contributed by atoms with Crippen molar-refractivity contribution in [2.24, 2.45) is 0 Å². The molecule has 0 unspecified atom stereocenters. The summed E-state index contributed by atoms with van der Waals surface area (Å²) in [6.45, 7) is 0.669. The number of rotatable bonds is 5. The van der Waals surface area contributed by atoms with Gasteiger partial charge in [-0.25, -0.2) is 0 Å². The summed E-state index contributed by atoms with van der Waals surface area (Å²) in [5.41, 5.74) is 5.15. The third-order valence-electron chi connectivity index (χ3n) is 3.91. The number of pyridine rings is 1. The Morgan fingerprint density at radius 2 is 1.64 bits per heavy atom. The molecule has 0 aliphatic carbocycles. The summed E-state index contributed by atoms with van der Waals surface area (Å²) < 4.78 is 1.91. The average Bonchev–Trinajstić information content (AvgIpc) is 3.12. The first kappa shape index (κ1) is 15.1. The summed E-state index contributed by atoms with van der Waals surface area (Å²) in [6, 6.07) is 26.4. The van der Waals surface area contributed by atoms with E-state index in [2.05, 4.69) is 33.6 Å². The molecule has 25 heavy (non-hydrogen) atoms. The lowest BCUT2D eigenvalue weighted by Gasteiger charge is -2.07. The van der Waals surface area contributed by atoms with E-state index in [4.69, 9.17) is 0 Å². The summed E-state index contributed by atoms with van der Waals surface area (Å²) in [7, 11) is 0. The van der Waals surface area contributed by atoms with Crippen LogP contribution in [-0.4, -0.2) is 14.8 Å². The normalized spacial score (nSPS) is 10.6. The smallest absolute Gasteiger partial charge is 0.0924 e. The van der Waals surface area contributed by atoms with Gasteiger partial charge in [0, 0.05) is 29.3 Å². The molecule has 122 valence electrons. The lowest BCUT2D eigenvalue weighted by molar-refractivity contribution is 0.675. The van der Waals surface area contributed by atoms with Gasteiger partial charge in [0.15, 0.2) is 0 Å². The Hall–Kier alpha value is -3.40. The minimum Gasteiger partial charge on any atom is -0.356 e. The topological polar surface area (TPSA) is 42.7 Å². The highest BCUT2D eigenvalue weighted by Gasteiger charge is 2.05. The number of nitrogens with one attached hydrogen (secondary N) is 1. The van der Waals surface area contributed by atoms with E-state index in [9.17, 15) is 0 Å². The van der Waals surface area contributed by atoms with Crippen molar-refractivity contribution in [3.63, 3.8) is 0 Å². The van der Waals surface area contributed by atoms with Crippen LogP contribution in [0.3, 0.4) is 0 Å². The molecular formula is C21H18N4. The van der Waals surface area contributed by atoms with Gasteiger partial charge in [-0.2, -0.15) is 5.10 Å². The van der Waals surface area contributed by atoms with Crippen LogP contribution < -0.4 is 5.32 Å². The lowest BCUT2D eigenvalue weighted by Crippen LogP contribution is -2.02. The van der Waals surface area contributed by atoms with E-state index in [1.54, 1.807) is 6.20 Å². The molecule has 0 saturated carbocycles. The quantitative estimate of drug-likeness (QED) is 0.576. The van der Waals surface area contributed by atoms with Crippen LogP contribution in [0.4, 0.5) is 11.4 Å². The van der Waals surface area contributed by atoms with E-state index >= 15 is 0 Å². The molecule has 2 aromatic heterocycles. The van der Waals surface area contributed by atoms with E-state index in [0.29, 0.717) is 6.54 Å². The van der Waals surface area contributed by atoms with Gasteiger partial charge in [-0.15, -0.1) is 0 Å². The second kappa shape index (κ2) is 7.01. The van der Waals surface area contributed by atoms with E-state index < -0.39 is 0 Å². The maximum absolute atomic E-state index is 4.67. The van der Waals surface area contributed by atoms with E-state index in [0.717, 1.165) is 28.3 Å². The number of aromatic nitrogens is 3. The summed E-state index contributed by atoms with van der Waals surface area (Å²) in [4.78, 5) is 4.35. The summed E-state index contributed by atoms with van der Waals surface area (Å²) in [6.07, 6.45) is 3.79. The Bertz CT molecular complexity index is 946. The highest BCUT2D eigenvalue weighted by Crippen LogP contribution is 2.23. The first-order valence-corrected chi connectivity index (χ1v) is 8.23. The fourth-order valence-corrected chi connectivity index (χ4v) is 2.71. The molecule has 0 radical (unpaired) electrons. The van der Waals surface area contributed by atoms with Crippen LogP contribution in [0.1, 0.15) is 5.69 Å². The second-order valence-corrected chi connectivity index (χ2v) is 5.79. The highest BCUT2D eigenvalue weighted by molar-refractivity contribution is 5.68. The zero-order chi connectivity index (χ0) is 16.9. The van der Waals surface area contributed by atoms with Crippen molar-refractivity contribution >= 4 is 11.4 Å². The molecule has 2 aromatic carbocycles. The molecule has 4 nitrogen and oxygen atoms in total. The summed E-state index contributed by atoms with van der Waals surface area (Å²) in [5.74, 6) is 0. The van der Waals surface area contributed by atoms with Crippen molar-refractivity contribution in [1.29, 1.82) is 0 Å². The Morgan fingerprint density at radius 3 is 2.48 bits per heavy atom. The molecule has 4 heteroatoms. The zero-order valence-corrected chi connectivity index (χ0v) is 13.7. The van der Waals surface area contributed by atoms with Gasteiger partial charge in [-0.05, 0) is 42.5 Å². The molecule has 4 aromatic rings. The number of hydrogen-bond donors (Lipinski definition) is 1. The number of para-hydroxylation sites is 1. The number of anilines is 2. The second-order valence-electron chi connectivity index (χ2n) is 5.79. The molecule has 0 aliphatic rings. The third-order valence-corrected chi connectivity index (χ3v) is 3.91. The van der Waals surface area contributed by atoms with Crippen LogP contribution in [0.5, 0.6) is 0 Å². The molecule has 0 spiro atoms. The molecular weight excluding hydrogens is 308 g/mol. The largest absolute Gasteiger partial charge is 0.356 e. The van der Waals surface area contributed by atoms with Crippen LogP contribution in [-0.2, 0) is 6.54 Å². The predicted octanol–water partition coefficient (Wildman–Crippen LogP) is 4.74. The monoisotopic (exact) mass is 326 g/mol. The molecule has 0 fully saturated rings. The van der Waals surface area contributed by atoms with Crippen molar-refractivity contribution in [3.8, 4) is 11.3 Å². The van der Waals surface area contributed by atoms with Crippen LogP contribution in [0.25, 0.3) is 11.3 Å². The van der Waals surface area contributed by atoms with Crippen LogP contribution in [0, 0.1) is 0 Å². The van der Waals surface area contributed by atoms with Gasteiger partial charge in [0.2, 0.25) is 0 Å². The van der Waals surface area contributed by atoms with E-state index in [-0.39, 0.29) is 0 Å². The number of benzene rings is 2. The third kappa shape index (κ3) is 3.75. The molecule has 4 rings (SSSR count). The van der Waals surface area contributed by atoms with Gasteiger partial charge in [0.25, 0.3) is 0 Å². The summed E-state index contributed by atoms with van der Waals surface area (Å²) >= 11 is 0. The van der Waals surface area contributed by atoms with Gasteiger partial charge >= 0.3 is 0 Å². The number of nitrogens with zero attached hydrogens (tertiary/aromatic N) is 3. The molecule has 0 atom stereocenters. The van der Waals surface area contributed by atoms with Crippen molar-refractivity contribution in [2.75, 3.05) is 5.32 Å². The van der Waals surface area contributed by atoms with Crippen molar-refractivity contribution in [1.82, 2.24) is 14.8 Å². The van der Waals surface area contributed by atoms with Crippen LogP contribution in [0.2, 0.25) is 0 Å². The first-order valence-electron chi connectivity index (χ1n) is 8.23. The van der Waals surface area contributed by atoms with E-state index in [1.165, 1.54) is 0 Å². The Kier molecular flexibility index (Phi) is 4.25. The first-order chi connectivity index (χ1) is 12.4. The zero-order valence-electron chi connectivity index (χ0n) is 13.7.